The molecule has 4 aromatic rings. The number of aromatic nitrogens is 2. The number of nitrogens with zero attached hydrogens (tertiary/aromatic N) is 4. The smallest absolute Gasteiger partial charge is 0.339 e. The summed E-state index contributed by atoms with van der Waals surface area (Å²) in [7, 11) is -9.26. The van der Waals surface area contributed by atoms with Gasteiger partial charge in [-0.1, -0.05) is 12.1 Å². The van der Waals surface area contributed by atoms with E-state index in [1.165, 1.54) is 19.1 Å². The lowest BCUT2D eigenvalue weighted by Gasteiger charge is -2.12. The molecule has 1 aromatic heterocycles. The van der Waals surface area contributed by atoms with Crippen molar-refractivity contribution in [3.05, 3.63) is 53.9 Å². The Morgan fingerprint density at radius 1 is 0.857 bits per heavy atom. The summed E-state index contributed by atoms with van der Waals surface area (Å²) in [5.41, 5.74) is -0.409. The van der Waals surface area contributed by atoms with Gasteiger partial charge in [-0.3, -0.25) is 9.11 Å². The molecule has 0 saturated carbocycles. The molecule has 4 N–H and O–H groups in total. The van der Waals surface area contributed by atoms with Gasteiger partial charge in [0.2, 0.25) is 0 Å². The largest absolute Gasteiger partial charge is 0.505 e. The highest BCUT2D eigenvalue weighted by Gasteiger charge is 2.20. The maximum Gasteiger partial charge on any atom is 0.339 e. The number of carboxylic acid groups (broad SMARTS) is 1. The van der Waals surface area contributed by atoms with E-state index in [9.17, 15) is 35.8 Å². The minimum absolute atomic E-state index is 0.0207. The number of phenols is 1. The zero-order chi connectivity index (χ0) is 25.7. The summed E-state index contributed by atoms with van der Waals surface area (Å²) < 4.78 is 65.4. The Hall–Kier alpha value is -4.05. The molecule has 0 spiro atoms. The van der Waals surface area contributed by atoms with Crippen molar-refractivity contribution in [1.29, 1.82) is 0 Å². The van der Waals surface area contributed by atoms with Gasteiger partial charge < -0.3 is 10.2 Å². The SMILES string of the molecule is Cc1nc(N=Nc2c(O)c3cc(S(=O)(=O)O)ccc3c3ccc(S(=O)(=O)O)cc23)ncc1C(=O)O. The molecule has 0 radical (unpaired) electrons. The molecule has 15 heteroatoms. The van der Waals surface area contributed by atoms with Gasteiger partial charge >= 0.3 is 5.97 Å². The van der Waals surface area contributed by atoms with E-state index in [0.717, 1.165) is 30.5 Å². The predicted octanol–water partition coefficient (Wildman–Crippen LogP) is 3.40. The zero-order valence-electron chi connectivity index (χ0n) is 17.5. The van der Waals surface area contributed by atoms with Crippen molar-refractivity contribution >= 4 is 59.4 Å². The van der Waals surface area contributed by atoms with Crippen molar-refractivity contribution in [2.75, 3.05) is 0 Å². The molecule has 4 rings (SSSR count). The van der Waals surface area contributed by atoms with Gasteiger partial charge in [-0.25, -0.2) is 14.8 Å². The highest BCUT2D eigenvalue weighted by molar-refractivity contribution is 7.86. The van der Waals surface area contributed by atoms with Gasteiger partial charge in [0.1, 0.15) is 5.69 Å². The Morgan fingerprint density at radius 3 is 1.91 bits per heavy atom. The van der Waals surface area contributed by atoms with E-state index < -0.39 is 41.7 Å². The van der Waals surface area contributed by atoms with Crippen LogP contribution in [0.5, 0.6) is 5.75 Å². The van der Waals surface area contributed by atoms with E-state index >= 15 is 0 Å². The molecular formula is C20H14N4O9S2. The van der Waals surface area contributed by atoms with E-state index in [2.05, 4.69) is 20.2 Å². The topological polar surface area (TPSA) is 217 Å². The number of fused-ring (bicyclic) bond motifs is 3. The van der Waals surface area contributed by atoms with Gasteiger partial charge in [-0.05, 0) is 42.0 Å². The summed E-state index contributed by atoms with van der Waals surface area (Å²) in [6.07, 6.45) is 1.01. The van der Waals surface area contributed by atoms with Gasteiger partial charge in [0.25, 0.3) is 26.2 Å². The van der Waals surface area contributed by atoms with Crippen LogP contribution in [0.15, 0.2) is 62.6 Å². The number of carboxylic acids is 1. The van der Waals surface area contributed by atoms with E-state index in [1.807, 2.05) is 0 Å². The maximum atomic E-state index is 11.7. The molecule has 0 saturated heterocycles. The molecule has 0 fully saturated rings. The predicted molar refractivity (Wildman–Crippen MR) is 121 cm³/mol. The third kappa shape index (κ3) is 4.52. The van der Waals surface area contributed by atoms with Crippen LogP contribution in [0.3, 0.4) is 0 Å². The fourth-order valence-electron chi connectivity index (χ4n) is 3.39. The van der Waals surface area contributed by atoms with Crippen molar-refractivity contribution in [2.45, 2.75) is 16.7 Å². The van der Waals surface area contributed by atoms with Gasteiger partial charge in [0.15, 0.2) is 5.75 Å². The van der Waals surface area contributed by atoms with Crippen LogP contribution in [0.1, 0.15) is 16.1 Å². The third-order valence-corrected chi connectivity index (χ3v) is 6.74. The number of phenolic OH excluding ortho intramolecular Hbond substituents is 1. The highest BCUT2D eigenvalue weighted by atomic mass is 32.2. The van der Waals surface area contributed by atoms with E-state index in [-0.39, 0.29) is 39.1 Å². The summed E-state index contributed by atoms with van der Waals surface area (Å²) in [5.74, 6) is -2.15. The van der Waals surface area contributed by atoms with E-state index in [0.29, 0.717) is 5.39 Å². The van der Waals surface area contributed by atoms with Crippen LogP contribution in [0.2, 0.25) is 0 Å². The summed E-state index contributed by atoms with van der Waals surface area (Å²) in [4.78, 5) is 17.8. The molecule has 180 valence electrons. The molecule has 0 amide bonds. The van der Waals surface area contributed by atoms with Crippen LogP contribution >= 0.6 is 0 Å². The van der Waals surface area contributed by atoms with Crippen LogP contribution in [0.25, 0.3) is 21.5 Å². The molecule has 3 aromatic carbocycles. The van der Waals surface area contributed by atoms with Crippen molar-refractivity contribution in [3.8, 4) is 5.75 Å². The Morgan fingerprint density at radius 2 is 1.40 bits per heavy atom. The minimum Gasteiger partial charge on any atom is -0.505 e. The van der Waals surface area contributed by atoms with Gasteiger partial charge in [-0.15, -0.1) is 10.2 Å². The van der Waals surface area contributed by atoms with Crippen molar-refractivity contribution in [2.24, 2.45) is 10.2 Å². The quantitative estimate of drug-likeness (QED) is 0.170. The zero-order valence-corrected chi connectivity index (χ0v) is 19.1. The normalized spacial score (nSPS) is 12.5. The summed E-state index contributed by atoms with van der Waals surface area (Å²) in [6.45, 7) is 1.41. The first-order valence-corrected chi connectivity index (χ1v) is 12.3. The highest BCUT2D eigenvalue weighted by Crippen LogP contribution is 2.44. The summed E-state index contributed by atoms with van der Waals surface area (Å²) in [5, 5.41) is 28.3. The van der Waals surface area contributed by atoms with Crippen LogP contribution in [-0.4, -0.2) is 52.1 Å². The summed E-state index contributed by atoms with van der Waals surface area (Å²) in [6, 6.07) is 6.84. The number of rotatable bonds is 5. The first kappa shape index (κ1) is 24.1. The van der Waals surface area contributed by atoms with Crippen LogP contribution in [0, 0.1) is 6.92 Å². The third-order valence-electron chi connectivity index (χ3n) is 5.04. The second-order valence-corrected chi connectivity index (χ2v) is 10.1. The minimum atomic E-state index is -4.64. The molecule has 0 aliphatic heterocycles. The second-order valence-electron chi connectivity index (χ2n) is 7.24. The number of benzene rings is 3. The molecule has 0 unspecified atom stereocenters. The lowest BCUT2D eigenvalue weighted by atomic mass is 9.99. The first-order valence-electron chi connectivity index (χ1n) is 9.43. The fourth-order valence-corrected chi connectivity index (χ4v) is 4.41. The lowest BCUT2D eigenvalue weighted by Crippen LogP contribution is -2.02. The van der Waals surface area contributed by atoms with E-state index in [1.54, 1.807) is 0 Å². The molecule has 1 heterocycles. The average molecular weight is 518 g/mol. The lowest BCUT2D eigenvalue weighted by molar-refractivity contribution is 0.0695. The number of hydrogen-bond donors (Lipinski definition) is 4. The number of aromatic hydroxyl groups is 1. The van der Waals surface area contributed by atoms with Gasteiger partial charge in [0, 0.05) is 17.0 Å². The molecular weight excluding hydrogens is 504 g/mol. The molecule has 35 heavy (non-hydrogen) atoms. The fraction of sp³-hybridized carbons (Fsp3) is 0.0500. The molecule has 13 nitrogen and oxygen atoms in total. The molecule has 0 aliphatic carbocycles. The van der Waals surface area contributed by atoms with Crippen LogP contribution in [0.4, 0.5) is 11.6 Å². The number of carbonyl (C=O) groups is 1. The summed E-state index contributed by atoms with van der Waals surface area (Å²) >= 11 is 0. The second kappa shape index (κ2) is 8.31. The molecule has 0 atom stereocenters. The molecule has 0 bridgehead atoms. The maximum absolute atomic E-state index is 11.7. The van der Waals surface area contributed by atoms with Crippen molar-refractivity contribution in [3.63, 3.8) is 0 Å². The number of azo groups is 1. The number of aryl methyl sites for hydroxylation is 1. The van der Waals surface area contributed by atoms with Crippen molar-refractivity contribution < 1.29 is 40.9 Å². The first-order chi connectivity index (χ1) is 16.3. The average Bonchev–Trinajstić information content (AvgIpc) is 2.77. The Kier molecular flexibility index (Phi) is 5.72. The monoisotopic (exact) mass is 518 g/mol. The van der Waals surface area contributed by atoms with Gasteiger partial charge in [-0.2, -0.15) is 16.8 Å². The number of aromatic carboxylic acids is 1. The van der Waals surface area contributed by atoms with Crippen LogP contribution < -0.4 is 0 Å². The van der Waals surface area contributed by atoms with Gasteiger partial charge in [0.05, 0.1) is 21.0 Å². The Labute approximate surface area is 196 Å². The van der Waals surface area contributed by atoms with Crippen LogP contribution in [-0.2, 0) is 20.2 Å². The molecule has 0 aliphatic rings. The number of hydrogen-bond acceptors (Lipinski definition) is 10. The standard InChI is InChI=1S/C20H14N4O9S2/c1-9-16(19(26)27)8-21-20(22-9)24-23-17-14-6-10(34(28,29)30)2-4-12(14)13-5-3-11(35(31,32)33)7-15(13)18(17)25/h2-8,25H,1H3,(H,26,27)(H,28,29,30)(H,31,32,33). The van der Waals surface area contributed by atoms with Crippen molar-refractivity contribution in [1.82, 2.24) is 9.97 Å². The Bertz CT molecular complexity index is 1800. The Balaban J connectivity index is 2.03. The van der Waals surface area contributed by atoms with E-state index in [4.69, 9.17) is 5.11 Å².